The molecule has 0 spiro atoms. The van der Waals surface area contributed by atoms with Crippen LogP contribution in [0.1, 0.15) is 22.3 Å². The molecular weight excluding hydrogens is 218 g/mol. The van der Waals surface area contributed by atoms with Gasteiger partial charge in [-0.2, -0.15) is 0 Å². The standard InChI is InChI=1S/C13H17NO3/c1-17-13-6-10(2-3-11(13)9-15)7-14-5-4-12(16)8-14/h2-3,6,9,12,16H,4-5,7-8H2,1H3/t12-/m0/s1. The zero-order valence-corrected chi connectivity index (χ0v) is 9.93. The maximum absolute atomic E-state index is 10.8. The normalized spacial score (nSPS) is 20.5. The summed E-state index contributed by atoms with van der Waals surface area (Å²) in [5, 5.41) is 9.45. The number of rotatable bonds is 4. The molecule has 1 saturated heterocycles. The van der Waals surface area contributed by atoms with Gasteiger partial charge in [0, 0.05) is 19.6 Å². The van der Waals surface area contributed by atoms with Gasteiger partial charge in [0.1, 0.15) is 5.75 Å². The van der Waals surface area contributed by atoms with Crippen molar-refractivity contribution in [2.24, 2.45) is 0 Å². The van der Waals surface area contributed by atoms with Gasteiger partial charge in [0.25, 0.3) is 0 Å². The van der Waals surface area contributed by atoms with E-state index in [1.165, 1.54) is 0 Å². The van der Waals surface area contributed by atoms with E-state index in [2.05, 4.69) is 4.90 Å². The molecule has 1 aliphatic heterocycles. The Balaban J connectivity index is 2.08. The highest BCUT2D eigenvalue weighted by Crippen LogP contribution is 2.21. The van der Waals surface area contributed by atoms with Crippen LogP contribution in [0.25, 0.3) is 0 Å². The Bertz CT molecular complexity index is 406. The molecule has 17 heavy (non-hydrogen) atoms. The Labute approximate surface area is 101 Å². The molecule has 1 N–H and O–H groups in total. The Morgan fingerprint density at radius 1 is 1.59 bits per heavy atom. The number of aliphatic hydroxyl groups is 1. The van der Waals surface area contributed by atoms with Crippen molar-refractivity contribution in [1.29, 1.82) is 0 Å². The van der Waals surface area contributed by atoms with Crippen molar-refractivity contribution < 1.29 is 14.6 Å². The maximum atomic E-state index is 10.8. The van der Waals surface area contributed by atoms with Crippen molar-refractivity contribution in [1.82, 2.24) is 4.90 Å². The number of benzene rings is 1. The number of nitrogens with zero attached hydrogens (tertiary/aromatic N) is 1. The molecule has 0 radical (unpaired) electrons. The van der Waals surface area contributed by atoms with Gasteiger partial charge in [-0.1, -0.05) is 6.07 Å². The molecule has 0 aliphatic carbocycles. The molecule has 4 heteroatoms. The third kappa shape index (κ3) is 2.84. The number of hydrogen-bond donors (Lipinski definition) is 1. The lowest BCUT2D eigenvalue weighted by molar-refractivity contribution is 0.112. The monoisotopic (exact) mass is 235 g/mol. The Morgan fingerprint density at radius 3 is 3.00 bits per heavy atom. The summed E-state index contributed by atoms with van der Waals surface area (Å²) in [6.07, 6.45) is 1.43. The van der Waals surface area contributed by atoms with Crippen LogP contribution in [0.2, 0.25) is 0 Å². The number of carbonyl (C=O) groups is 1. The van der Waals surface area contributed by atoms with Gasteiger partial charge in [0.15, 0.2) is 6.29 Å². The maximum Gasteiger partial charge on any atom is 0.153 e. The van der Waals surface area contributed by atoms with Gasteiger partial charge in [0.05, 0.1) is 18.8 Å². The van der Waals surface area contributed by atoms with Gasteiger partial charge in [0.2, 0.25) is 0 Å². The molecular formula is C13H17NO3. The van der Waals surface area contributed by atoms with Crippen molar-refractivity contribution >= 4 is 6.29 Å². The van der Waals surface area contributed by atoms with E-state index < -0.39 is 0 Å². The second-order valence-electron chi connectivity index (χ2n) is 4.37. The highest BCUT2D eigenvalue weighted by molar-refractivity contribution is 5.79. The van der Waals surface area contributed by atoms with Crippen molar-refractivity contribution in [3.05, 3.63) is 29.3 Å². The molecule has 0 bridgehead atoms. The summed E-state index contributed by atoms with van der Waals surface area (Å²) in [6, 6.07) is 5.58. The van der Waals surface area contributed by atoms with E-state index in [4.69, 9.17) is 4.74 Å². The fraction of sp³-hybridized carbons (Fsp3) is 0.462. The summed E-state index contributed by atoms with van der Waals surface area (Å²) in [6.45, 7) is 2.42. The number of aliphatic hydroxyl groups excluding tert-OH is 1. The van der Waals surface area contributed by atoms with Crippen molar-refractivity contribution in [2.75, 3.05) is 20.2 Å². The van der Waals surface area contributed by atoms with E-state index in [0.29, 0.717) is 11.3 Å². The second-order valence-corrected chi connectivity index (χ2v) is 4.37. The van der Waals surface area contributed by atoms with Crippen LogP contribution < -0.4 is 4.74 Å². The smallest absolute Gasteiger partial charge is 0.153 e. The zero-order valence-electron chi connectivity index (χ0n) is 9.93. The average molecular weight is 235 g/mol. The molecule has 1 heterocycles. The predicted molar refractivity (Wildman–Crippen MR) is 64.3 cm³/mol. The van der Waals surface area contributed by atoms with Gasteiger partial charge in [-0.25, -0.2) is 0 Å². The van der Waals surface area contributed by atoms with Crippen molar-refractivity contribution in [3.8, 4) is 5.75 Å². The quantitative estimate of drug-likeness (QED) is 0.793. The molecule has 1 atom stereocenters. The van der Waals surface area contributed by atoms with Crippen molar-refractivity contribution in [3.63, 3.8) is 0 Å². The summed E-state index contributed by atoms with van der Waals surface area (Å²) in [7, 11) is 1.56. The minimum atomic E-state index is -0.203. The van der Waals surface area contributed by atoms with Gasteiger partial charge < -0.3 is 9.84 Å². The molecule has 1 aromatic rings. The first kappa shape index (κ1) is 12.1. The summed E-state index contributed by atoms with van der Waals surface area (Å²) >= 11 is 0. The van der Waals surface area contributed by atoms with Gasteiger partial charge in [-0.05, 0) is 24.1 Å². The van der Waals surface area contributed by atoms with Crippen LogP contribution in [0, 0.1) is 0 Å². The number of likely N-dealkylation sites (tertiary alicyclic amines) is 1. The molecule has 4 nitrogen and oxygen atoms in total. The van der Waals surface area contributed by atoms with Crippen LogP contribution >= 0.6 is 0 Å². The molecule has 0 amide bonds. The SMILES string of the molecule is COc1cc(CN2CC[C@H](O)C2)ccc1C=O. The average Bonchev–Trinajstić information content (AvgIpc) is 2.74. The molecule has 0 unspecified atom stereocenters. The fourth-order valence-electron chi connectivity index (χ4n) is 2.17. The first-order chi connectivity index (χ1) is 8.22. The predicted octanol–water partition coefficient (Wildman–Crippen LogP) is 1.07. The minimum Gasteiger partial charge on any atom is -0.496 e. The second kappa shape index (κ2) is 5.29. The van der Waals surface area contributed by atoms with E-state index in [0.717, 1.165) is 37.9 Å². The first-order valence-electron chi connectivity index (χ1n) is 5.75. The molecule has 1 fully saturated rings. The van der Waals surface area contributed by atoms with E-state index in [9.17, 15) is 9.90 Å². The van der Waals surface area contributed by atoms with Crippen molar-refractivity contribution in [2.45, 2.75) is 19.1 Å². The van der Waals surface area contributed by atoms with Gasteiger partial charge in [-0.3, -0.25) is 9.69 Å². The number of hydrogen-bond acceptors (Lipinski definition) is 4. The molecule has 0 aromatic heterocycles. The molecule has 0 saturated carbocycles. The third-order valence-electron chi connectivity index (χ3n) is 3.08. The third-order valence-corrected chi connectivity index (χ3v) is 3.08. The Kier molecular flexibility index (Phi) is 3.76. The summed E-state index contributed by atoms with van der Waals surface area (Å²) in [5.74, 6) is 0.609. The van der Waals surface area contributed by atoms with Gasteiger partial charge in [-0.15, -0.1) is 0 Å². The van der Waals surface area contributed by atoms with Crippen LogP contribution in [-0.2, 0) is 6.54 Å². The highest BCUT2D eigenvalue weighted by Gasteiger charge is 2.20. The zero-order chi connectivity index (χ0) is 12.3. The number of ether oxygens (including phenoxy) is 1. The fourth-order valence-corrected chi connectivity index (χ4v) is 2.17. The van der Waals surface area contributed by atoms with Gasteiger partial charge >= 0.3 is 0 Å². The lowest BCUT2D eigenvalue weighted by Crippen LogP contribution is -2.21. The Hall–Kier alpha value is -1.39. The molecule has 2 rings (SSSR count). The summed E-state index contributed by atoms with van der Waals surface area (Å²) < 4.78 is 5.16. The lowest BCUT2D eigenvalue weighted by Gasteiger charge is -2.15. The highest BCUT2D eigenvalue weighted by atomic mass is 16.5. The number of carbonyl (C=O) groups excluding carboxylic acids is 1. The largest absolute Gasteiger partial charge is 0.496 e. The topological polar surface area (TPSA) is 49.8 Å². The van der Waals surface area contributed by atoms with Crippen LogP contribution in [-0.4, -0.2) is 42.6 Å². The number of aldehydes is 1. The molecule has 92 valence electrons. The Morgan fingerprint density at radius 2 is 2.41 bits per heavy atom. The lowest BCUT2D eigenvalue weighted by atomic mass is 10.1. The van der Waals surface area contributed by atoms with Crippen LogP contribution in [0.3, 0.4) is 0 Å². The molecule has 1 aliphatic rings. The van der Waals surface area contributed by atoms with Crippen LogP contribution in [0.5, 0.6) is 5.75 Å². The molecule has 1 aromatic carbocycles. The van der Waals surface area contributed by atoms with E-state index in [1.54, 1.807) is 13.2 Å². The van der Waals surface area contributed by atoms with E-state index in [1.807, 2.05) is 12.1 Å². The first-order valence-corrected chi connectivity index (χ1v) is 5.75. The number of β-amino-alcohol motifs (C(OH)–C–C–N with tert-alkyl or cyclic N) is 1. The van der Waals surface area contributed by atoms with E-state index in [-0.39, 0.29) is 6.10 Å². The van der Waals surface area contributed by atoms with Crippen LogP contribution in [0.15, 0.2) is 18.2 Å². The minimum absolute atomic E-state index is 0.203. The van der Waals surface area contributed by atoms with Crippen LogP contribution in [0.4, 0.5) is 0 Å². The summed E-state index contributed by atoms with van der Waals surface area (Å²) in [5.41, 5.74) is 1.67. The summed E-state index contributed by atoms with van der Waals surface area (Å²) in [4.78, 5) is 13.0. The number of methoxy groups -OCH3 is 1. The van der Waals surface area contributed by atoms with E-state index >= 15 is 0 Å².